The van der Waals surface area contributed by atoms with E-state index in [1.165, 1.54) is 36.2 Å². The van der Waals surface area contributed by atoms with Gasteiger partial charge in [-0.1, -0.05) is 20.3 Å². The van der Waals surface area contributed by atoms with Crippen molar-refractivity contribution in [2.75, 3.05) is 0 Å². The van der Waals surface area contributed by atoms with Gasteiger partial charge in [-0.3, -0.25) is 0 Å². The summed E-state index contributed by atoms with van der Waals surface area (Å²) in [6.45, 7) is 9.12. The second-order valence-corrected chi connectivity index (χ2v) is 7.55. The molecule has 1 aromatic rings. The Morgan fingerprint density at radius 3 is 2.63 bits per heavy atom. The molecule has 2 atom stereocenters. The maximum atomic E-state index is 10.4. The van der Waals surface area contributed by atoms with E-state index in [-0.39, 0.29) is 11.5 Å². The number of rotatable bonds is 2. The molecule has 106 valence electrons. The highest BCUT2D eigenvalue weighted by Crippen LogP contribution is 2.45. The predicted octanol–water partition coefficient (Wildman–Crippen LogP) is 4.16. The van der Waals surface area contributed by atoms with Gasteiger partial charge in [-0.2, -0.15) is 0 Å². The van der Waals surface area contributed by atoms with E-state index < -0.39 is 0 Å². The molecule has 2 nitrogen and oxygen atoms in total. The first-order valence-electron chi connectivity index (χ1n) is 7.78. The summed E-state index contributed by atoms with van der Waals surface area (Å²) in [7, 11) is 0. The molecule has 0 saturated heterocycles. The standard InChI is InChI=1S/C17H27NO/c1-11-8-14-15(9-17(3,4)10-16(14)19)18(11)12(2)13-6-5-7-13/h8,12-13,16,19H,5-7,9-10H2,1-4H3. The van der Waals surface area contributed by atoms with E-state index in [4.69, 9.17) is 0 Å². The molecule has 2 heteroatoms. The lowest BCUT2D eigenvalue weighted by molar-refractivity contribution is 0.0960. The third-order valence-electron chi connectivity index (χ3n) is 5.36. The van der Waals surface area contributed by atoms with Gasteiger partial charge in [0.05, 0.1) is 6.10 Å². The Hall–Kier alpha value is -0.760. The highest BCUT2D eigenvalue weighted by molar-refractivity contribution is 5.34. The van der Waals surface area contributed by atoms with Crippen LogP contribution in [0.2, 0.25) is 0 Å². The van der Waals surface area contributed by atoms with Crippen molar-refractivity contribution in [2.24, 2.45) is 11.3 Å². The zero-order chi connectivity index (χ0) is 13.8. The number of aliphatic hydroxyl groups excluding tert-OH is 1. The molecule has 2 aliphatic carbocycles. The fraction of sp³-hybridized carbons (Fsp3) is 0.765. The van der Waals surface area contributed by atoms with Gasteiger partial charge in [-0.05, 0) is 56.9 Å². The normalized spacial score (nSPS) is 27.7. The Morgan fingerprint density at radius 1 is 1.37 bits per heavy atom. The highest BCUT2D eigenvalue weighted by atomic mass is 16.3. The third-order valence-corrected chi connectivity index (χ3v) is 5.36. The maximum Gasteiger partial charge on any atom is 0.0812 e. The van der Waals surface area contributed by atoms with Crippen molar-refractivity contribution < 1.29 is 5.11 Å². The number of hydrogen-bond acceptors (Lipinski definition) is 1. The molecule has 1 aromatic heterocycles. The predicted molar refractivity (Wildman–Crippen MR) is 78.3 cm³/mol. The molecule has 1 N–H and O–H groups in total. The fourth-order valence-electron chi connectivity index (χ4n) is 4.06. The lowest BCUT2D eigenvalue weighted by Crippen LogP contribution is -2.30. The second kappa shape index (κ2) is 4.37. The SMILES string of the molecule is Cc1cc2c(n1C(C)C1CCC1)CC(C)(C)CC2O. The lowest BCUT2D eigenvalue weighted by atomic mass is 9.75. The van der Waals surface area contributed by atoms with Crippen molar-refractivity contribution >= 4 is 0 Å². The fourth-order valence-corrected chi connectivity index (χ4v) is 4.06. The van der Waals surface area contributed by atoms with Crippen molar-refractivity contribution in [2.45, 2.75) is 71.9 Å². The highest BCUT2D eigenvalue weighted by Gasteiger charge is 2.36. The topological polar surface area (TPSA) is 25.2 Å². The van der Waals surface area contributed by atoms with Gasteiger partial charge < -0.3 is 9.67 Å². The van der Waals surface area contributed by atoms with Gasteiger partial charge >= 0.3 is 0 Å². The Labute approximate surface area is 116 Å². The van der Waals surface area contributed by atoms with Crippen LogP contribution in [0.1, 0.15) is 75.6 Å². The summed E-state index contributed by atoms with van der Waals surface area (Å²) in [6, 6.07) is 2.82. The molecule has 1 heterocycles. The molecule has 0 spiro atoms. The van der Waals surface area contributed by atoms with E-state index in [1.807, 2.05) is 0 Å². The van der Waals surface area contributed by atoms with Crippen molar-refractivity contribution in [1.29, 1.82) is 0 Å². The average Bonchev–Trinajstić information content (AvgIpc) is 2.50. The smallest absolute Gasteiger partial charge is 0.0812 e. The van der Waals surface area contributed by atoms with E-state index in [0.717, 1.165) is 18.8 Å². The van der Waals surface area contributed by atoms with Crippen LogP contribution in [0.3, 0.4) is 0 Å². The molecule has 2 aliphatic rings. The maximum absolute atomic E-state index is 10.4. The number of aromatic nitrogens is 1. The van der Waals surface area contributed by atoms with Gasteiger partial charge in [0.25, 0.3) is 0 Å². The Balaban J connectivity index is 2.01. The molecule has 0 aliphatic heterocycles. The zero-order valence-electron chi connectivity index (χ0n) is 12.7. The Kier molecular flexibility index (Phi) is 3.05. The Morgan fingerprint density at radius 2 is 2.05 bits per heavy atom. The van der Waals surface area contributed by atoms with Crippen LogP contribution in [-0.4, -0.2) is 9.67 Å². The van der Waals surface area contributed by atoms with Crippen LogP contribution in [0.25, 0.3) is 0 Å². The van der Waals surface area contributed by atoms with E-state index >= 15 is 0 Å². The number of fused-ring (bicyclic) bond motifs is 1. The van der Waals surface area contributed by atoms with Crippen LogP contribution >= 0.6 is 0 Å². The van der Waals surface area contributed by atoms with Crippen LogP contribution < -0.4 is 0 Å². The van der Waals surface area contributed by atoms with Crippen molar-refractivity contribution in [3.8, 4) is 0 Å². The van der Waals surface area contributed by atoms with Gasteiger partial charge in [0.2, 0.25) is 0 Å². The van der Waals surface area contributed by atoms with Crippen LogP contribution in [-0.2, 0) is 6.42 Å². The van der Waals surface area contributed by atoms with E-state index in [9.17, 15) is 5.11 Å². The number of nitrogens with zero attached hydrogens (tertiary/aromatic N) is 1. The first-order chi connectivity index (χ1) is 8.89. The molecule has 1 fully saturated rings. The summed E-state index contributed by atoms with van der Waals surface area (Å²) in [5, 5.41) is 10.4. The van der Waals surface area contributed by atoms with Gasteiger partial charge in [0.15, 0.2) is 0 Å². The summed E-state index contributed by atoms with van der Waals surface area (Å²) in [5.41, 5.74) is 4.15. The van der Waals surface area contributed by atoms with Gasteiger partial charge in [-0.15, -0.1) is 0 Å². The van der Waals surface area contributed by atoms with Crippen LogP contribution in [0, 0.1) is 18.3 Å². The number of aliphatic hydroxyl groups is 1. The summed E-state index contributed by atoms with van der Waals surface area (Å²) in [5.74, 6) is 0.845. The Bertz CT molecular complexity index is 482. The summed E-state index contributed by atoms with van der Waals surface area (Å²) >= 11 is 0. The minimum Gasteiger partial charge on any atom is -0.388 e. The average molecular weight is 261 g/mol. The first kappa shape index (κ1) is 13.2. The van der Waals surface area contributed by atoms with Gasteiger partial charge in [-0.25, -0.2) is 0 Å². The molecule has 0 bridgehead atoms. The van der Waals surface area contributed by atoms with Crippen molar-refractivity contribution in [3.63, 3.8) is 0 Å². The monoisotopic (exact) mass is 261 g/mol. The molecule has 2 unspecified atom stereocenters. The molecule has 0 radical (unpaired) electrons. The molecule has 0 aromatic carbocycles. The minimum absolute atomic E-state index is 0.217. The summed E-state index contributed by atoms with van der Waals surface area (Å²) in [6.07, 6.45) is 5.86. The van der Waals surface area contributed by atoms with E-state index in [2.05, 4.69) is 38.3 Å². The van der Waals surface area contributed by atoms with Gasteiger partial charge in [0.1, 0.15) is 0 Å². The number of aryl methyl sites for hydroxylation is 1. The lowest BCUT2D eigenvalue weighted by Gasteiger charge is -2.38. The van der Waals surface area contributed by atoms with E-state index in [1.54, 1.807) is 0 Å². The van der Waals surface area contributed by atoms with Crippen molar-refractivity contribution in [3.05, 3.63) is 23.0 Å². The van der Waals surface area contributed by atoms with Crippen LogP contribution in [0.4, 0.5) is 0 Å². The molecular weight excluding hydrogens is 234 g/mol. The van der Waals surface area contributed by atoms with Crippen LogP contribution in [0.15, 0.2) is 6.07 Å². The zero-order valence-corrected chi connectivity index (χ0v) is 12.7. The molecule has 3 rings (SSSR count). The molecule has 1 saturated carbocycles. The van der Waals surface area contributed by atoms with Crippen molar-refractivity contribution in [1.82, 2.24) is 4.57 Å². The van der Waals surface area contributed by atoms with E-state index in [0.29, 0.717) is 6.04 Å². The molecule has 0 amide bonds. The third kappa shape index (κ3) is 2.14. The molecule has 19 heavy (non-hydrogen) atoms. The first-order valence-corrected chi connectivity index (χ1v) is 7.78. The molecular formula is C17H27NO. The van der Waals surface area contributed by atoms with Crippen LogP contribution in [0.5, 0.6) is 0 Å². The van der Waals surface area contributed by atoms with Gasteiger partial charge in [0, 0.05) is 23.0 Å². The largest absolute Gasteiger partial charge is 0.388 e. The quantitative estimate of drug-likeness (QED) is 0.849. The summed E-state index contributed by atoms with van der Waals surface area (Å²) < 4.78 is 2.53. The number of hydrogen-bond donors (Lipinski definition) is 1. The minimum atomic E-state index is -0.271. The summed E-state index contributed by atoms with van der Waals surface area (Å²) in [4.78, 5) is 0. The second-order valence-electron chi connectivity index (χ2n) is 7.55.